The topological polar surface area (TPSA) is 97.3 Å². The van der Waals surface area contributed by atoms with Crippen LogP contribution in [0, 0.1) is 0 Å². The van der Waals surface area contributed by atoms with Gasteiger partial charge in [-0.15, -0.1) is 13.2 Å². The number of para-hydroxylation sites is 2. The minimum atomic E-state index is -4.89. The van der Waals surface area contributed by atoms with Crippen molar-refractivity contribution in [3.05, 3.63) is 54.1 Å². The van der Waals surface area contributed by atoms with E-state index < -0.39 is 30.2 Å². The molecule has 2 aromatic rings. The molecule has 2 aromatic carbocycles. The summed E-state index contributed by atoms with van der Waals surface area (Å²) in [6.45, 7) is 4.86. The Balaban J connectivity index is 1.99. The second kappa shape index (κ2) is 17.5. The summed E-state index contributed by atoms with van der Waals surface area (Å²) < 4.78 is 53.5. The number of benzene rings is 2. The zero-order chi connectivity index (χ0) is 29.4. The average molecular weight is 587 g/mol. The number of halogens is 3. The maximum absolute atomic E-state index is 13.0. The number of hydrogen-bond donors (Lipinski definition) is 2. The molecule has 40 heavy (non-hydrogen) atoms. The number of rotatable bonds is 18. The number of urea groups is 1. The number of carboxylic acids is 1. The summed E-state index contributed by atoms with van der Waals surface area (Å²) in [6.07, 6.45) is -2.30. The zero-order valence-corrected chi connectivity index (χ0v) is 23.6. The van der Waals surface area contributed by atoms with Gasteiger partial charge in [0.1, 0.15) is 12.4 Å². The Labute approximate surface area is 237 Å². The summed E-state index contributed by atoms with van der Waals surface area (Å²) >= 11 is 1.71. The molecule has 0 bridgehead atoms. The van der Waals surface area contributed by atoms with Crippen LogP contribution in [-0.2, 0) is 16.0 Å². The quantitative estimate of drug-likeness (QED) is 0.194. The molecule has 2 N–H and O–H groups in total. The van der Waals surface area contributed by atoms with Gasteiger partial charge in [0.05, 0.1) is 12.2 Å². The lowest BCUT2D eigenvalue weighted by Gasteiger charge is -2.24. The predicted molar refractivity (Wildman–Crippen MR) is 149 cm³/mol. The van der Waals surface area contributed by atoms with E-state index in [2.05, 4.69) is 17.0 Å². The Kier molecular flexibility index (Phi) is 14.5. The number of carbonyl (C=O) groups excluding carboxylic acids is 1. The molecule has 8 nitrogen and oxygen atoms in total. The van der Waals surface area contributed by atoms with Crippen LogP contribution in [0.3, 0.4) is 0 Å². The SMILES string of the molecule is CCCCCSCCN(CCOc1ccc(CC(OCC)C(=O)O)cc1)C(=O)Nc1ccccc1OC(F)(F)F. The summed E-state index contributed by atoms with van der Waals surface area (Å²) in [4.78, 5) is 25.9. The van der Waals surface area contributed by atoms with Crippen molar-refractivity contribution >= 4 is 29.4 Å². The highest BCUT2D eigenvalue weighted by molar-refractivity contribution is 7.99. The molecule has 0 aliphatic carbocycles. The summed E-state index contributed by atoms with van der Waals surface area (Å²) in [5.41, 5.74) is 0.683. The number of carboxylic acid groups (broad SMARTS) is 1. The lowest BCUT2D eigenvalue weighted by atomic mass is 10.1. The molecule has 0 spiro atoms. The highest BCUT2D eigenvalue weighted by Crippen LogP contribution is 2.30. The lowest BCUT2D eigenvalue weighted by molar-refractivity contribution is -0.274. The molecular formula is C28H37F3N2O6S. The number of alkyl halides is 3. The van der Waals surface area contributed by atoms with Crippen LogP contribution in [0.2, 0.25) is 0 Å². The first-order chi connectivity index (χ1) is 19.1. The summed E-state index contributed by atoms with van der Waals surface area (Å²) in [7, 11) is 0. The van der Waals surface area contributed by atoms with Crippen LogP contribution in [0.5, 0.6) is 11.5 Å². The Morgan fingerprint density at radius 1 is 1.02 bits per heavy atom. The van der Waals surface area contributed by atoms with Crippen LogP contribution >= 0.6 is 11.8 Å². The third-order valence-electron chi connectivity index (χ3n) is 5.66. The normalized spacial score (nSPS) is 12.0. The van der Waals surface area contributed by atoms with E-state index >= 15 is 0 Å². The van der Waals surface area contributed by atoms with Gasteiger partial charge in [-0.05, 0) is 48.9 Å². The Morgan fingerprint density at radius 3 is 2.40 bits per heavy atom. The van der Waals surface area contributed by atoms with Crippen molar-refractivity contribution in [1.29, 1.82) is 0 Å². The lowest BCUT2D eigenvalue weighted by Crippen LogP contribution is -2.39. The number of unbranched alkanes of at least 4 members (excludes halogenated alkanes) is 2. The van der Waals surface area contributed by atoms with Gasteiger partial charge in [-0.1, -0.05) is 44.0 Å². The van der Waals surface area contributed by atoms with Gasteiger partial charge in [0.2, 0.25) is 0 Å². The van der Waals surface area contributed by atoms with Gasteiger partial charge in [0.25, 0.3) is 0 Å². The number of nitrogens with zero attached hydrogens (tertiary/aromatic N) is 1. The Bertz CT molecular complexity index is 1040. The fraction of sp³-hybridized carbons (Fsp3) is 0.500. The fourth-order valence-corrected chi connectivity index (χ4v) is 4.61. The molecule has 1 unspecified atom stereocenters. The van der Waals surface area contributed by atoms with E-state index in [-0.39, 0.29) is 25.3 Å². The number of ether oxygens (including phenoxy) is 3. The smallest absolute Gasteiger partial charge is 0.492 e. The van der Waals surface area contributed by atoms with Crippen LogP contribution in [0.4, 0.5) is 23.7 Å². The number of thioether (sulfide) groups is 1. The third-order valence-corrected chi connectivity index (χ3v) is 6.71. The molecule has 0 aromatic heterocycles. The van der Waals surface area contributed by atoms with Crippen molar-refractivity contribution in [2.75, 3.05) is 43.1 Å². The van der Waals surface area contributed by atoms with E-state index in [0.29, 0.717) is 24.7 Å². The van der Waals surface area contributed by atoms with Gasteiger partial charge < -0.3 is 29.5 Å². The number of carbonyl (C=O) groups is 2. The largest absolute Gasteiger partial charge is 0.573 e. The summed E-state index contributed by atoms with van der Waals surface area (Å²) in [6, 6.07) is 11.7. The van der Waals surface area contributed by atoms with Gasteiger partial charge >= 0.3 is 18.4 Å². The van der Waals surface area contributed by atoms with Crippen molar-refractivity contribution in [2.45, 2.75) is 52.0 Å². The molecule has 0 radical (unpaired) electrons. The van der Waals surface area contributed by atoms with Crippen molar-refractivity contribution < 1.29 is 42.1 Å². The maximum atomic E-state index is 13.0. The van der Waals surface area contributed by atoms with Crippen molar-refractivity contribution in [3.8, 4) is 11.5 Å². The minimum absolute atomic E-state index is 0.0892. The molecule has 222 valence electrons. The molecule has 2 rings (SSSR count). The fourth-order valence-electron chi connectivity index (χ4n) is 3.65. The van der Waals surface area contributed by atoms with E-state index in [1.807, 2.05) is 0 Å². The van der Waals surface area contributed by atoms with E-state index in [1.54, 1.807) is 43.0 Å². The molecule has 0 aliphatic rings. The monoisotopic (exact) mass is 586 g/mol. The molecule has 1 atom stereocenters. The molecular weight excluding hydrogens is 549 g/mol. The maximum Gasteiger partial charge on any atom is 0.573 e. The molecule has 0 heterocycles. The first kappa shape index (κ1) is 33.1. The molecule has 12 heteroatoms. The number of anilines is 1. The minimum Gasteiger partial charge on any atom is -0.492 e. The van der Waals surface area contributed by atoms with Gasteiger partial charge in [0, 0.05) is 25.3 Å². The average Bonchev–Trinajstić information content (AvgIpc) is 2.90. The van der Waals surface area contributed by atoms with Gasteiger partial charge in [-0.25, -0.2) is 9.59 Å². The zero-order valence-electron chi connectivity index (χ0n) is 22.7. The van der Waals surface area contributed by atoms with E-state index in [4.69, 9.17) is 9.47 Å². The number of nitrogens with one attached hydrogen (secondary N) is 1. The van der Waals surface area contributed by atoms with E-state index in [9.17, 15) is 27.9 Å². The van der Waals surface area contributed by atoms with Crippen molar-refractivity contribution in [1.82, 2.24) is 4.90 Å². The number of amides is 2. The van der Waals surface area contributed by atoms with E-state index in [1.165, 1.54) is 23.1 Å². The standard InChI is InChI=1S/C28H37F3N2O6S/c1-3-5-8-18-40-19-16-33(27(36)32-23-9-6-7-10-24(23)39-28(29,30)31)15-17-38-22-13-11-21(12-14-22)20-25(26(34)35)37-4-2/h6-7,9-14,25H,3-5,8,15-20H2,1-2H3,(H,32,36)(H,34,35). The molecule has 0 saturated carbocycles. The van der Waals surface area contributed by atoms with Crippen LogP contribution in [0.25, 0.3) is 0 Å². The second-order valence-electron chi connectivity index (χ2n) is 8.76. The van der Waals surface area contributed by atoms with Crippen LogP contribution in [0.15, 0.2) is 48.5 Å². The molecule has 0 saturated heterocycles. The summed E-state index contributed by atoms with van der Waals surface area (Å²) in [5, 5.41) is 11.8. The second-order valence-corrected chi connectivity index (χ2v) is 9.98. The number of hydrogen-bond acceptors (Lipinski definition) is 6. The Morgan fingerprint density at radius 2 is 1.75 bits per heavy atom. The molecule has 0 aliphatic heterocycles. The van der Waals surface area contributed by atoms with E-state index in [0.717, 1.165) is 36.6 Å². The predicted octanol–water partition coefficient (Wildman–Crippen LogP) is 6.45. The van der Waals surface area contributed by atoms with Gasteiger partial charge in [0.15, 0.2) is 11.9 Å². The Hall–Kier alpha value is -3.12. The van der Waals surface area contributed by atoms with Gasteiger partial charge in [-0.3, -0.25) is 0 Å². The van der Waals surface area contributed by atoms with Gasteiger partial charge in [-0.2, -0.15) is 11.8 Å². The molecule has 0 fully saturated rings. The highest BCUT2D eigenvalue weighted by Gasteiger charge is 2.32. The van der Waals surface area contributed by atoms with Crippen molar-refractivity contribution in [2.24, 2.45) is 0 Å². The summed E-state index contributed by atoms with van der Waals surface area (Å²) in [5.74, 6) is 0.627. The molecule has 2 amide bonds. The van der Waals surface area contributed by atoms with Crippen LogP contribution in [-0.4, -0.2) is 72.3 Å². The number of aliphatic carboxylic acids is 1. The highest BCUT2D eigenvalue weighted by atomic mass is 32.2. The third kappa shape index (κ3) is 12.8. The van der Waals surface area contributed by atoms with Crippen LogP contribution in [0.1, 0.15) is 38.7 Å². The first-order valence-corrected chi connectivity index (χ1v) is 14.3. The van der Waals surface area contributed by atoms with Crippen LogP contribution < -0.4 is 14.8 Å². The van der Waals surface area contributed by atoms with Crippen molar-refractivity contribution in [3.63, 3.8) is 0 Å². The first-order valence-electron chi connectivity index (χ1n) is 13.2.